The Morgan fingerprint density at radius 3 is 2.12 bits per heavy atom. The topological polar surface area (TPSA) is 46.6 Å². The number of nitrogens with zero attached hydrogens (tertiary/aromatic N) is 1. The summed E-state index contributed by atoms with van der Waals surface area (Å²) in [6.07, 6.45) is 6.55. The van der Waals surface area contributed by atoms with E-state index in [1.54, 1.807) is 0 Å². The molecule has 4 aliphatic carbocycles. The summed E-state index contributed by atoms with van der Waals surface area (Å²) in [5.41, 5.74) is 0.677. The van der Waals surface area contributed by atoms with Crippen molar-refractivity contribution in [2.45, 2.75) is 19.8 Å². The van der Waals surface area contributed by atoms with Crippen LogP contribution in [0.3, 0.4) is 0 Å². The monoisotopic (exact) mass is 323 g/mol. The highest BCUT2D eigenvalue weighted by Gasteiger charge is 2.67. The molecule has 3 fully saturated rings. The molecule has 1 saturated heterocycles. The van der Waals surface area contributed by atoms with E-state index < -0.39 is 0 Å². The number of anilines is 1. The van der Waals surface area contributed by atoms with Gasteiger partial charge in [0.2, 0.25) is 11.8 Å². The fraction of sp³-hybridized carbons (Fsp3) is 0.500. The van der Waals surface area contributed by atoms with Crippen LogP contribution in [0.15, 0.2) is 36.4 Å². The van der Waals surface area contributed by atoms with Crippen LogP contribution >= 0.6 is 0 Å². The number of allylic oxidation sites excluding steroid dienone is 2. The summed E-state index contributed by atoms with van der Waals surface area (Å²) >= 11 is 0. The zero-order valence-electron chi connectivity index (χ0n) is 13.7. The number of imide groups is 1. The minimum Gasteiger partial charge on any atom is -0.494 e. The van der Waals surface area contributed by atoms with Crippen LogP contribution in [0.5, 0.6) is 5.75 Å². The van der Waals surface area contributed by atoms with E-state index in [0.717, 1.165) is 12.2 Å². The van der Waals surface area contributed by atoms with E-state index in [4.69, 9.17) is 4.74 Å². The van der Waals surface area contributed by atoms with Gasteiger partial charge in [-0.3, -0.25) is 14.5 Å². The number of hydrogen-bond donors (Lipinski definition) is 0. The summed E-state index contributed by atoms with van der Waals surface area (Å²) in [4.78, 5) is 27.4. The third-order valence-corrected chi connectivity index (χ3v) is 6.23. The van der Waals surface area contributed by atoms with Crippen LogP contribution in [0, 0.1) is 35.5 Å². The molecule has 24 heavy (non-hydrogen) atoms. The van der Waals surface area contributed by atoms with Crippen molar-refractivity contribution < 1.29 is 14.3 Å². The fourth-order valence-corrected chi connectivity index (χ4v) is 5.12. The quantitative estimate of drug-likeness (QED) is 0.632. The van der Waals surface area contributed by atoms with Crippen LogP contribution in [0.2, 0.25) is 0 Å². The highest BCUT2D eigenvalue weighted by Crippen LogP contribution is 2.65. The number of carbonyl (C=O) groups excluding carboxylic acids is 2. The Morgan fingerprint density at radius 1 is 1.00 bits per heavy atom. The normalized spacial score (nSPS) is 38.3. The van der Waals surface area contributed by atoms with Crippen LogP contribution in [0.25, 0.3) is 0 Å². The maximum Gasteiger partial charge on any atom is 0.238 e. The Labute approximate surface area is 141 Å². The molecule has 6 atom stereocenters. The highest BCUT2D eigenvalue weighted by molar-refractivity contribution is 6.22. The van der Waals surface area contributed by atoms with Gasteiger partial charge in [0.05, 0.1) is 24.1 Å². The second-order valence-corrected chi connectivity index (χ2v) is 7.51. The standard InChI is InChI=1S/C20H21NO3/c1-2-9-24-12-5-3-11(4-6-12)21-19(22)17-13-7-8-14(16-10-15(13)16)18(17)20(21)23/h3-8,13-18H,2,9-10H2,1H3/t13-,14-,15-,16+,17+,18+/m1/s1. The van der Waals surface area contributed by atoms with E-state index in [1.807, 2.05) is 24.3 Å². The highest BCUT2D eigenvalue weighted by atomic mass is 16.5. The minimum absolute atomic E-state index is 0.00285. The molecule has 4 heteroatoms. The predicted molar refractivity (Wildman–Crippen MR) is 89.4 cm³/mol. The number of hydrogen-bond acceptors (Lipinski definition) is 3. The lowest BCUT2D eigenvalue weighted by molar-refractivity contribution is -0.124. The van der Waals surface area contributed by atoms with Crippen molar-refractivity contribution in [3.8, 4) is 5.75 Å². The summed E-state index contributed by atoms with van der Waals surface area (Å²) in [6, 6.07) is 7.35. The first-order valence-electron chi connectivity index (χ1n) is 8.99. The van der Waals surface area contributed by atoms with Crippen LogP contribution in [0.1, 0.15) is 19.8 Å². The summed E-state index contributed by atoms with van der Waals surface area (Å²) in [5.74, 6) is 2.34. The van der Waals surface area contributed by atoms with Crippen molar-refractivity contribution in [3.05, 3.63) is 36.4 Å². The molecule has 0 N–H and O–H groups in total. The molecule has 0 unspecified atom stereocenters. The van der Waals surface area contributed by atoms with Gasteiger partial charge in [0.15, 0.2) is 0 Å². The summed E-state index contributed by atoms with van der Waals surface area (Å²) < 4.78 is 5.59. The SMILES string of the molecule is CCCOc1ccc(N2C(=O)[C@H]3[C@@H]4C=C[C@H]([C@@H]5C[C@H]45)[C@@H]3C2=O)cc1. The molecule has 2 bridgehead atoms. The summed E-state index contributed by atoms with van der Waals surface area (Å²) in [7, 11) is 0. The van der Waals surface area contributed by atoms with Crippen molar-refractivity contribution in [1.82, 2.24) is 0 Å². The number of ether oxygens (including phenoxy) is 1. The van der Waals surface area contributed by atoms with E-state index in [0.29, 0.717) is 24.1 Å². The van der Waals surface area contributed by atoms with Crippen molar-refractivity contribution in [2.75, 3.05) is 11.5 Å². The first kappa shape index (κ1) is 14.3. The molecule has 1 aromatic carbocycles. The van der Waals surface area contributed by atoms with Gasteiger partial charge >= 0.3 is 0 Å². The number of rotatable bonds is 4. The molecule has 1 heterocycles. The molecule has 1 aliphatic heterocycles. The van der Waals surface area contributed by atoms with Gasteiger partial charge in [-0.15, -0.1) is 0 Å². The van der Waals surface area contributed by atoms with Crippen molar-refractivity contribution in [3.63, 3.8) is 0 Å². The smallest absolute Gasteiger partial charge is 0.238 e. The van der Waals surface area contributed by atoms with E-state index in [2.05, 4.69) is 19.1 Å². The van der Waals surface area contributed by atoms with E-state index >= 15 is 0 Å². The first-order chi connectivity index (χ1) is 11.7. The lowest BCUT2D eigenvalue weighted by Gasteiger charge is -2.37. The predicted octanol–water partition coefficient (Wildman–Crippen LogP) is 3.03. The van der Waals surface area contributed by atoms with Gasteiger partial charge in [0, 0.05) is 0 Å². The van der Waals surface area contributed by atoms with Crippen LogP contribution in [-0.2, 0) is 9.59 Å². The maximum atomic E-state index is 13.0. The van der Waals surface area contributed by atoms with Crippen LogP contribution in [-0.4, -0.2) is 18.4 Å². The maximum absolute atomic E-state index is 13.0. The Morgan fingerprint density at radius 2 is 1.58 bits per heavy atom. The molecule has 0 spiro atoms. The molecular weight excluding hydrogens is 302 g/mol. The molecule has 4 nitrogen and oxygen atoms in total. The Hall–Kier alpha value is -2.10. The number of amides is 2. The summed E-state index contributed by atoms with van der Waals surface area (Å²) in [6.45, 7) is 2.73. The largest absolute Gasteiger partial charge is 0.494 e. The zero-order valence-corrected chi connectivity index (χ0v) is 13.7. The van der Waals surface area contributed by atoms with E-state index in [1.165, 1.54) is 11.3 Å². The average molecular weight is 323 g/mol. The molecule has 0 radical (unpaired) electrons. The molecule has 6 rings (SSSR count). The number of benzene rings is 1. The number of carbonyl (C=O) groups is 2. The second kappa shape index (κ2) is 4.95. The van der Waals surface area contributed by atoms with Crippen molar-refractivity contribution in [2.24, 2.45) is 35.5 Å². The molecular formula is C20H21NO3. The molecule has 2 amide bonds. The Bertz CT molecular complexity index is 702. The minimum atomic E-state index is -0.132. The zero-order chi connectivity index (χ0) is 16.4. The van der Waals surface area contributed by atoms with Gasteiger partial charge in [-0.05, 0) is 60.8 Å². The molecule has 124 valence electrons. The van der Waals surface area contributed by atoms with Crippen LogP contribution < -0.4 is 9.64 Å². The average Bonchev–Trinajstić information content (AvgIpc) is 3.38. The Kier molecular flexibility index (Phi) is 2.94. The summed E-state index contributed by atoms with van der Waals surface area (Å²) in [5, 5.41) is 0. The Balaban J connectivity index is 1.44. The molecule has 2 saturated carbocycles. The van der Waals surface area contributed by atoms with Gasteiger partial charge < -0.3 is 4.74 Å². The van der Waals surface area contributed by atoms with Crippen LogP contribution in [0.4, 0.5) is 5.69 Å². The fourth-order valence-electron chi connectivity index (χ4n) is 5.12. The van der Waals surface area contributed by atoms with Gasteiger partial charge in [-0.2, -0.15) is 0 Å². The third-order valence-electron chi connectivity index (χ3n) is 6.23. The van der Waals surface area contributed by atoms with Gasteiger partial charge in [-0.1, -0.05) is 19.1 Å². The molecule has 0 aromatic heterocycles. The lowest BCUT2D eigenvalue weighted by atomic mass is 9.63. The third kappa shape index (κ3) is 1.80. The first-order valence-corrected chi connectivity index (χ1v) is 8.99. The van der Waals surface area contributed by atoms with E-state index in [-0.39, 0.29) is 35.5 Å². The second-order valence-electron chi connectivity index (χ2n) is 7.51. The van der Waals surface area contributed by atoms with Crippen molar-refractivity contribution >= 4 is 17.5 Å². The molecule has 5 aliphatic rings. The van der Waals surface area contributed by atoms with E-state index in [9.17, 15) is 9.59 Å². The molecule has 1 aromatic rings. The van der Waals surface area contributed by atoms with Gasteiger partial charge in [-0.25, -0.2) is 0 Å². The van der Waals surface area contributed by atoms with Gasteiger partial charge in [0.1, 0.15) is 5.75 Å². The van der Waals surface area contributed by atoms with Crippen molar-refractivity contribution in [1.29, 1.82) is 0 Å². The van der Waals surface area contributed by atoms with Gasteiger partial charge in [0.25, 0.3) is 0 Å². The lowest BCUT2D eigenvalue weighted by Crippen LogP contribution is -2.40.